The van der Waals surface area contributed by atoms with Crippen molar-refractivity contribution in [1.82, 2.24) is 5.32 Å². The standard InChI is InChI=1S/C16H29NO2/c1-4-5-6-7-8-10-18-13-16-15(9-11-19-16)12-17-14(2)3/h9,11,14,17H,4-8,10,12-13H2,1-3H3. The lowest BCUT2D eigenvalue weighted by Gasteiger charge is -2.08. The molecule has 1 aromatic rings. The summed E-state index contributed by atoms with van der Waals surface area (Å²) < 4.78 is 11.2. The molecule has 19 heavy (non-hydrogen) atoms. The van der Waals surface area contributed by atoms with Crippen LogP contribution in [0.1, 0.15) is 64.2 Å². The molecule has 0 radical (unpaired) electrons. The smallest absolute Gasteiger partial charge is 0.133 e. The highest BCUT2D eigenvalue weighted by atomic mass is 16.5. The first-order valence-electron chi connectivity index (χ1n) is 7.60. The molecule has 0 fully saturated rings. The number of unbranched alkanes of at least 4 members (excludes halogenated alkanes) is 4. The Hall–Kier alpha value is -0.800. The molecule has 0 spiro atoms. The van der Waals surface area contributed by atoms with Crippen LogP contribution in [-0.2, 0) is 17.9 Å². The van der Waals surface area contributed by atoms with Gasteiger partial charge in [-0.3, -0.25) is 0 Å². The van der Waals surface area contributed by atoms with Gasteiger partial charge in [0.05, 0.1) is 6.26 Å². The van der Waals surface area contributed by atoms with Crippen LogP contribution in [0.15, 0.2) is 16.7 Å². The fourth-order valence-electron chi connectivity index (χ4n) is 1.94. The van der Waals surface area contributed by atoms with Crippen molar-refractivity contribution in [1.29, 1.82) is 0 Å². The second-order valence-electron chi connectivity index (χ2n) is 5.37. The van der Waals surface area contributed by atoms with Crippen molar-refractivity contribution >= 4 is 0 Å². The molecular formula is C16H29NO2. The molecule has 0 aliphatic heterocycles. The summed E-state index contributed by atoms with van der Waals surface area (Å²) in [5.74, 6) is 0.960. The van der Waals surface area contributed by atoms with Crippen LogP contribution in [0.2, 0.25) is 0 Å². The molecule has 0 aromatic carbocycles. The van der Waals surface area contributed by atoms with Crippen molar-refractivity contribution in [3.8, 4) is 0 Å². The summed E-state index contributed by atoms with van der Waals surface area (Å²) in [4.78, 5) is 0. The predicted octanol–water partition coefficient (Wildman–Crippen LogP) is 4.26. The van der Waals surface area contributed by atoms with Crippen LogP contribution in [0.5, 0.6) is 0 Å². The highest BCUT2D eigenvalue weighted by Gasteiger charge is 2.06. The first kappa shape index (κ1) is 16.3. The molecule has 0 unspecified atom stereocenters. The lowest BCUT2D eigenvalue weighted by Crippen LogP contribution is -2.22. The first-order chi connectivity index (χ1) is 9.24. The van der Waals surface area contributed by atoms with Crippen LogP contribution in [0.4, 0.5) is 0 Å². The maximum Gasteiger partial charge on any atom is 0.133 e. The van der Waals surface area contributed by atoms with Gasteiger partial charge in [0, 0.05) is 24.8 Å². The number of ether oxygens (including phenoxy) is 1. The Labute approximate surface area is 117 Å². The van der Waals surface area contributed by atoms with E-state index in [1.807, 2.05) is 6.07 Å². The van der Waals surface area contributed by atoms with E-state index in [2.05, 4.69) is 26.1 Å². The number of rotatable bonds is 11. The first-order valence-corrected chi connectivity index (χ1v) is 7.60. The van der Waals surface area contributed by atoms with Crippen molar-refractivity contribution in [2.24, 2.45) is 0 Å². The third-order valence-corrected chi connectivity index (χ3v) is 3.16. The molecule has 0 aliphatic rings. The largest absolute Gasteiger partial charge is 0.467 e. The van der Waals surface area contributed by atoms with Gasteiger partial charge in [-0.2, -0.15) is 0 Å². The van der Waals surface area contributed by atoms with Crippen molar-refractivity contribution in [3.05, 3.63) is 23.7 Å². The average molecular weight is 267 g/mol. The Morgan fingerprint density at radius 2 is 2.00 bits per heavy atom. The fraction of sp³-hybridized carbons (Fsp3) is 0.750. The monoisotopic (exact) mass is 267 g/mol. The Kier molecular flexibility index (Phi) is 8.59. The molecule has 1 aromatic heterocycles. The Bertz CT molecular complexity index is 320. The molecule has 110 valence electrons. The molecule has 1 heterocycles. The minimum Gasteiger partial charge on any atom is -0.467 e. The van der Waals surface area contributed by atoms with Crippen molar-refractivity contribution in [3.63, 3.8) is 0 Å². The highest BCUT2D eigenvalue weighted by molar-refractivity contribution is 5.16. The molecular weight excluding hydrogens is 238 g/mol. The van der Waals surface area contributed by atoms with Gasteiger partial charge in [0.1, 0.15) is 12.4 Å². The molecule has 0 bridgehead atoms. The highest BCUT2D eigenvalue weighted by Crippen LogP contribution is 2.12. The van der Waals surface area contributed by atoms with Crippen molar-refractivity contribution in [2.75, 3.05) is 6.61 Å². The summed E-state index contributed by atoms with van der Waals surface area (Å²) in [6, 6.07) is 2.51. The van der Waals surface area contributed by atoms with Crippen LogP contribution in [-0.4, -0.2) is 12.6 Å². The zero-order valence-electron chi connectivity index (χ0n) is 12.7. The normalized spacial score (nSPS) is 11.4. The minimum atomic E-state index is 0.488. The van der Waals surface area contributed by atoms with E-state index in [0.29, 0.717) is 12.6 Å². The molecule has 3 heteroatoms. The topological polar surface area (TPSA) is 34.4 Å². The van der Waals surface area contributed by atoms with Gasteiger partial charge in [-0.1, -0.05) is 46.5 Å². The van der Waals surface area contributed by atoms with Gasteiger partial charge in [-0.25, -0.2) is 0 Å². The van der Waals surface area contributed by atoms with Crippen LogP contribution in [0, 0.1) is 0 Å². The van der Waals surface area contributed by atoms with Gasteiger partial charge >= 0.3 is 0 Å². The van der Waals surface area contributed by atoms with Gasteiger partial charge in [0.25, 0.3) is 0 Å². The molecule has 1 N–H and O–H groups in total. The minimum absolute atomic E-state index is 0.488. The molecule has 3 nitrogen and oxygen atoms in total. The Balaban J connectivity index is 2.13. The van der Waals surface area contributed by atoms with Gasteiger partial charge in [0.15, 0.2) is 0 Å². The zero-order chi connectivity index (χ0) is 13.9. The average Bonchev–Trinajstić information content (AvgIpc) is 2.83. The summed E-state index contributed by atoms with van der Waals surface area (Å²) in [5.41, 5.74) is 1.21. The summed E-state index contributed by atoms with van der Waals surface area (Å²) in [7, 11) is 0. The molecule has 0 saturated carbocycles. The van der Waals surface area contributed by atoms with Crippen LogP contribution < -0.4 is 5.32 Å². The lowest BCUT2D eigenvalue weighted by molar-refractivity contribution is 0.101. The fourth-order valence-corrected chi connectivity index (χ4v) is 1.94. The quantitative estimate of drug-likeness (QED) is 0.608. The van der Waals surface area contributed by atoms with E-state index in [1.54, 1.807) is 6.26 Å². The third kappa shape index (κ3) is 7.38. The van der Waals surface area contributed by atoms with Crippen LogP contribution in [0.3, 0.4) is 0 Å². The van der Waals surface area contributed by atoms with E-state index in [9.17, 15) is 0 Å². The molecule has 0 aliphatic carbocycles. The molecule has 0 saturated heterocycles. The van der Waals surface area contributed by atoms with Crippen LogP contribution in [0.25, 0.3) is 0 Å². The maximum absolute atomic E-state index is 5.68. The van der Waals surface area contributed by atoms with Gasteiger partial charge in [-0.15, -0.1) is 0 Å². The SMILES string of the molecule is CCCCCCCOCc1occc1CNC(C)C. The number of hydrogen-bond donors (Lipinski definition) is 1. The Morgan fingerprint density at radius 1 is 1.21 bits per heavy atom. The number of furan rings is 1. The second-order valence-corrected chi connectivity index (χ2v) is 5.37. The number of hydrogen-bond acceptors (Lipinski definition) is 3. The van der Waals surface area contributed by atoms with Crippen molar-refractivity contribution < 1.29 is 9.15 Å². The lowest BCUT2D eigenvalue weighted by atomic mass is 10.2. The van der Waals surface area contributed by atoms with E-state index in [1.165, 1.54) is 31.2 Å². The summed E-state index contributed by atoms with van der Waals surface area (Å²) in [6.45, 7) is 8.81. The predicted molar refractivity (Wildman–Crippen MR) is 79.1 cm³/mol. The van der Waals surface area contributed by atoms with Gasteiger partial charge < -0.3 is 14.5 Å². The van der Waals surface area contributed by atoms with E-state index in [0.717, 1.165) is 25.3 Å². The molecule has 1 rings (SSSR count). The van der Waals surface area contributed by atoms with Gasteiger partial charge in [-0.05, 0) is 12.5 Å². The van der Waals surface area contributed by atoms with Crippen LogP contribution >= 0.6 is 0 Å². The summed E-state index contributed by atoms with van der Waals surface area (Å²) in [5, 5.41) is 3.40. The Morgan fingerprint density at radius 3 is 2.74 bits per heavy atom. The zero-order valence-corrected chi connectivity index (χ0v) is 12.7. The van der Waals surface area contributed by atoms with E-state index < -0.39 is 0 Å². The molecule has 0 amide bonds. The third-order valence-electron chi connectivity index (χ3n) is 3.16. The van der Waals surface area contributed by atoms with Gasteiger partial charge in [0.2, 0.25) is 0 Å². The summed E-state index contributed by atoms with van der Waals surface area (Å²) >= 11 is 0. The van der Waals surface area contributed by atoms with E-state index in [4.69, 9.17) is 9.15 Å². The molecule has 0 atom stereocenters. The van der Waals surface area contributed by atoms with E-state index >= 15 is 0 Å². The number of nitrogens with one attached hydrogen (secondary N) is 1. The maximum atomic E-state index is 5.68. The second kappa shape index (κ2) is 10.0. The van der Waals surface area contributed by atoms with E-state index in [-0.39, 0.29) is 0 Å². The van der Waals surface area contributed by atoms with Crippen molar-refractivity contribution in [2.45, 2.75) is 72.1 Å². The summed E-state index contributed by atoms with van der Waals surface area (Å²) in [6.07, 6.45) is 8.12.